The largest absolute Gasteiger partial charge is 0.477 e. The summed E-state index contributed by atoms with van der Waals surface area (Å²) in [6.45, 7) is 3.57. The standard InChI is InChI=1S/C15H19N3O7/c1-9(2)7-16-15(21)17-13(19)8-25-12-5-4-10(14(20)24-3)6-11(12)18(22)23/h4-6,9H,7-8H2,1-3H3,(H2,16,17,19,21). The first-order valence-corrected chi connectivity index (χ1v) is 7.31. The van der Waals surface area contributed by atoms with Gasteiger partial charge in [0.25, 0.3) is 5.91 Å². The molecule has 25 heavy (non-hydrogen) atoms. The van der Waals surface area contributed by atoms with Crippen molar-refractivity contribution in [1.29, 1.82) is 0 Å². The smallest absolute Gasteiger partial charge is 0.338 e. The SMILES string of the molecule is COC(=O)c1ccc(OCC(=O)NC(=O)NCC(C)C)c([N+](=O)[O-])c1. The first kappa shape index (κ1) is 19.9. The Morgan fingerprint density at radius 3 is 2.52 bits per heavy atom. The van der Waals surface area contributed by atoms with E-state index >= 15 is 0 Å². The van der Waals surface area contributed by atoms with Crippen molar-refractivity contribution in [2.75, 3.05) is 20.3 Å². The van der Waals surface area contributed by atoms with Crippen LogP contribution in [-0.2, 0) is 9.53 Å². The summed E-state index contributed by atoms with van der Waals surface area (Å²) in [7, 11) is 1.15. The lowest BCUT2D eigenvalue weighted by molar-refractivity contribution is -0.385. The van der Waals surface area contributed by atoms with Gasteiger partial charge in [0.1, 0.15) is 0 Å². The maximum absolute atomic E-state index is 11.6. The van der Waals surface area contributed by atoms with Crippen molar-refractivity contribution in [1.82, 2.24) is 10.6 Å². The minimum absolute atomic E-state index is 0.0286. The number of hydrogen-bond acceptors (Lipinski definition) is 7. The Hall–Kier alpha value is -3.17. The van der Waals surface area contributed by atoms with Crippen LogP contribution >= 0.6 is 0 Å². The van der Waals surface area contributed by atoms with E-state index in [9.17, 15) is 24.5 Å². The highest BCUT2D eigenvalue weighted by molar-refractivity contribution is 5.95. The van der Waals surface area contributed by atoms with Gasteiger partial charge < -0.3 is 14.8 Å². The Balaban J connectivity index is 2.70. The van der Waals surface area contributed by atoms with Crippen molar-refractivity contribution in [3.63, 3.8) is 0 Å². The lowest BCUT2D eigenvalue weighted by Crippen LogP contribution is -2.42. The summed E-state index contributed by atoms with van der Waals surface area (Å²) in [4.78, 5) is 44.8. The van der Waals surface area contributed by atoms with Crippen LogP contribution < -0.4 is 15.4 Å². The number of imide groups is 1. The summed E-state index contributed by atoms with van der Waals surface area (Å²) in [5, 5.41) is 15.6. The van der Waals surface area contributed by atoms with E-state index in [1.165, 1.54) is 12.1 Å². The van der Waals surface area contributed by atoms with Gasteiger partial charge in [-0.2, -0.15) is 0 Å². The highest BCUT2D eigenvalue weighted by atomic mass is 16.6. The Morgan fingerprint density at radius 2 is 1.96 bits per heavy atom. The molecule has 0 aromatic heterocycles. The number of nitro groups is 1. The minimum atomic E-state index is -0.771. The van der Waals surface area contributed by atoms with E-state index in [0.717, 1.165) is 13.2 Å². The van der Waals surface area contributed by atoms with E-state index in [0.29, 0.717) is 6.54 Å². The molecule has 0 aliphatic rings. The molecule has 1 rings (SSSR count). The molecule has 1 aromatic carbocycles. The van der Waals surface area contributed by atoms with E-state index in [-0.39, 0.29) is 17.2 Å². The molecule has 0 saturated carbocycles. The maximum Gasteiger partial charge on any atom is 0.338 e. The van der Waals surface area contributed by atoms with Gasteiger partial charge in [-0.15, -0.1) is 0 Å². The highest BCUT2D eigenvalue weighted by Crippen LogP contribution is 2.28. The second-order valence-electron chi connectivity index (χ2n) is 5.37. The van der Waals surface area contributed by atoms with Crippen molar-refractivity contribution in [2.45, 2.75) is 13.8 Å². The third-order valence-electron chi connectivity index (χ3n) is 2.86. The normalized spacial score (nSPS) is 10.1. The number of carbonyl (C=O) groups excluding carboxylic acids is 3. The van der Waals surface area contributed by atoms with Crippen LogP contribution in [-0.4, -0.2) is 43.1 Å². The Morgan fingerprint density at radius 1 is 1.28 bits per heavy atom. The number of esters is 1. The molecular formula is C15H19N3O7. The van der Waals surface area contributed by atoms with Crippen LogP contribution in [0.25, 0.3) is 0 Å². The predicted octanol–water partition coefficient (Wildman–Crippen LogP) is 1.24. The van der Waals surface area contributed by atoms with Gasteiger partial charge in [-0.25, -0.2) is 9.59 Å². The van der Waals surface area contributed by atoms with Crippen LogP contribution in [0.15, 0.2) is 18.2 Å². The highest BCUT2D eigenvalue weighted by Gasteiger charge is 2.20. The van der Waals surface area contributed by atoms with Gasteiger partial charge in [0.05, 0.1) is 17.6 Å². The predicted molar refractivity (Wildman–Crippen MR) is 86.3 cm³/mol. The number of ether oxygens (including phenoxy) is 2. The van der Waals surface area contributed by atoms with E-state index in [2.05, 4.69) is 10.1 Å². The molecule has 0 atom stereocenters. The number of hydrogen-bond donors (Lipinski definition) is 2. The van der Waals surface area contributed by atoms with Crippen molar-refractivity contribution < 1.29 is 28.8 Å². The molecule has 0 heterocycles. The molecule has 0 aliphatic heterocycles. The molecule has 0 radical (unpaired) electrons. The molecule has 3 amide bonds. The van der Waals surface area contributed by atoms with Gasteiger partial charge in [-0.1, -0.05) is 13.8 Å². The van der Waals surface area contributed by atoms with Gasteiger partial charge in [0, 0.05) is 12.6 Å². The van der Waals surface area contributed by atoms with Gasteiger partial charge >= 0.3 is 17.7 Å². The molecule has 0 unspecified atom stereocenters. The van der Waals surface area contributed by atoms with E-state index in [1.54, 1.807) is 0 Å². The fourth-order valence-corrected chi connectivity index (χ4v) is 1.67. The second-order valence-corrected chi connectivity index (χ2v) is 5.37. The number of nitrogens with one attached hydrogen (secondary N) is 2. The number of rotatable bonds is 7. The van der Waals surface area contributed by atoms with Crippen LogP contribution in [0.5, 0.6) is 5.75 Å². The number of carbonyl (C=O) groups is 3. The zero-order valence-corrected chi connectivity index (χ0v) is 14.0. The van der Waals surface area contributed by atoms with Crippen molar-refractivity contribution in [3.8, 4) is 5.75 Å². The van der Waals surface area contributed by atoms with E-state index in [4.69, 9.17) is 4.74 Å². The molecule has 1 aromatic rings. The zero-order valence-electron chi connectivity index (χ0n) is 14.0. The number of nitro benzene ring substituents is 1. The molecule has 0 fully saturated rings. The Labute approximate surface area is 143 Å². The van der Waals surface area contributed by atoms with Crippen LogP contribution in [0, 0.1) is 16.0 Å². The quantitative estimate of drug-likeness (QED) is 0.427. The van der Waals surface area contributed by atoms with Gasteiger partial charge in [0.2, 0.25) is 0 Å². The summed E-state index contributed by atoms with van der Waals surface area (Å²) in [5.74, 6) is -1.51. The third-order valence-corrected chi connectivity index (χ3v) is 2.86. The lowest BCUT2D eigenvalue weighted by atomic mass is 10.2. The lowest BCUT2D eigenvalue weighted by Gasteiger charge is -2.10. The fourth-order valence-electron chi connectivity index (χ4n) is 1.67. The molecular weight excluding hydrogens is 334 g/mol. The van der Waals surface area contributed by atoms with E-state index < -0.39 is 35.1 Å². The Bertz CT molecular complexity index is 673. The number of benzene rings is 1. The molecule has 10 heteroatoms. The third kappa shape index (κ3) is 6.45. The van der Waals surface area contributed by atoms with Crippen molar-refractivity contribution in [2.24, 2.45) is 5.92 Å². The summed E-state index contributed by atoms with van der Waals surface area (Å²) in [6.07, 6.45) is 0. The molecule has 0 spiro atoms. The summed E-state index contributed by atoms with van der Waals surface area (Å²) in [6, 6.07) is 2.74. The summed E-state index contributed by atoms with van der Waals surface area (Å²) < 4.78 is 9.55. The molecule has 2 N–H and O–H groups in total. The van der Waals surface area contributed by atoms with Crippen molar-refractivity contribution in [3.05, 3.63) is 33.9 Å². The number of urea groups is 1. The minimum Gasteiger partial charge on any atom is -0.477 e. The molecule has 0 saturated heterocycles. The van der Waals surface area contributed by atoms with E-state index in [1.807, 2.05) is 19.2 Å². The monoisotopic (exact) mass is 353 g/mol. The van der Waals surface area contributed by atoms with Crippen LogP contribution in [0.1, 0.15) is 24.2 Å². The molecule has 10 nitrogen and oxygen atoms in total. The average molecular weight is 353 g/mol. The fraction of sp³-hybridized carbons (Fsp3) is 0.400. The number of nitrogens with zero attached hydrogens (tertiary/aromatic N) is 1. The second kappa shape index (κ2) is 9.21. The first-order valence-electron chi connectivity index (χ1n) is 7.31. The van der Waals surface area contributed by atoms with Crippen LogP contribution in [0.3, 0.4) is 0 Å². The van der Waals surface area contributed by atoms with Gasteiger partial charge in [-0.3, -0.25) is 20.2 Å². The molecule has 136 valence electrons. The topological polar surface area (TPSA) is 137 Å². The zero-order chi connectivity index (χ0) is 19.0. The van der Waals surface area contributed by atoms with Crippen LogP contribution in [0.4, 0.5) is 10.5 Å². The summed E-state index contributed by atoms with van der Waals surface area (Å²) >= 11 is 0. The van der Waals surface area contributed by atoms with Gasteiger partial charge in [-0.05, 0) is 18.1 Å². The van der Waals surface area contributed by atoms with Crippen LogP contribution in [0.2, 0.25) is 0 Å². The Kier molecular flexibility index (Phi) is 7.32. The molecule has 0 aliphatic carbocycles. The van der Waals surface area contributed by atoms with Crippen molar-refractivity contribution >= 4 is 23.6 Å². The maximum atomic E-state index is 11.6. The number of methoxy groups -OCH3 is 1. The van der Waals surface area contributed by atoms with Gasteiger partial charge in [0.15, 0.2) is 12.4 Å². The average Bonchev–Trinajstić information content (AvgIpc) is 2.57. The summed E-state index contributed by atoms with van der Waals surface area (Å²) in [5.41, 5.74) is -0.529. The molecule has 0 bridgehead atoms. The number of amides is 3. The first-order chi connectivity index (χ1) is 11.7.